The van der Waals surface area contributed by atoms with E-state index in [0.717, 1.165) is 26.5 Å². The van der Waals surface area contributed by atoms with Gasteiger partial charge in [0.25, 0.3) is 0 Å². The quantitative estimate of drug-likeness (QED) is 0.759. The molecule has 17 heavy (non-hydrogen) atoms. The molecular weight excluding hydrogens is 413 g/mol. The van der Waals surface area contributed by atoms with Crippen molar-refractivity contribution in [2.75, 3.05) is 0 Å². The molecular formula is C11H11BrIN3S. The standard InChI is InChI=1S/C11H11BrIN3S/c1-2-9(14)11-16-15-10(17-11)7-5-6(12)3-4-8(7)13/h3-5,9H,2,14H2,1H3. The van der Waals surface area contributed by atoms with E-state index in [1.54, 1.807) is 11.3 Å². The summed E-state index contributed by atoms with van der Waals surface area (Å²) in [4.78, 5) is 0. The zero-order chi connectivity index (χ0) is 12.4. The largest absolute Gasteiger partial charge is 0.322 e. The first-order valence-electron chi connectivity index (χ1n) is 5.16. The van der Waals surface area contributed by atoms with Crippen molar-refractivity contribution in [1.29, 1.82) is 0 Å². The van der Waals surface area contributed by atoms with Gasteiger partial charge in [0.1, 0.15) is 10.0 Å². The predicted molar refractivity (Wildman–Crippen MR) is 83.0 cm³/mol. The minimum absolute atomic E-state index is 0.00827. The van der Waals surface area contributed by atoms with E-state index in [9.17, 15) is 0 Å². The van der Waals surface area contributed by atoms with Gasteiger partial charge in [-0.1, -0.05) is 34.2 Å². The van der Waals surface area contributed by atoms with Crippen LogP contribution in [0.25, 0.3) is 10.6 Å². The summed E-state index contributed by atoms with van der Waals surface area (Å²) in [5.41, 5.74) is 7.05. The topological polar surface area (TPSA) is 51.8 Å². The van der Waals surface area contributed by atoms with Crippen molar-refractivity contribution in [3.8, 4) is 10.6 Å². The molecule has 1 aromatic carbocycles. The monoisotopic (exact) mass is 423 g/mol. The minimum atomic E-state index is -0.00827. The van der Waals surface area contributed by atoms with Gasteiger partial charge in [-0.25, -0.2) is 0 Å². The van der Waals surface area contributed by atoms with Crippen molar-refractivity contribution in [2.45, 2.75) is 19.4 Å². The Hall–Kier alpha value is -0.0500. The number of nitrogens with zero attached hydrogens (tertiary/aromatic N) is 2. The zero-order valence-corrected chi connectivity index (χ0v) is 13.7. The first kappa shape index (κ1) is 13.4. The van der Waals surface area contributed by atoms with Crippen LogP contribution in [-0.2, 0) is 0 Å². The number of hydrogen-bond donors (Lipinski definition) is 1. The fraction of sp³-hybridized carbons (Fsp3) is 0.273. The van der Waals surface area contributed by atoms with Gasteiger partial charge >= 0.3 is 0 Å². The maximum Gasteiger partial charge on any atom is 0.148 e. The highest BCUT2D eigenvalue weighted by atomic mass is 127. The van der Waals surface area contributed by atoms with E-state index < -0.39 is 0 Å². The molecule has 0 radical (unpaired) electrons. The van der Waals surface area contributed by atoms with Crippen molar-refractivity contribution in [1.82, 2.24) is 10.2 Å². The average Bonchev–Trinajstić information content (AvgIpc) is 2.80. The molecule has 1 aromatic heterocycles. The second-order valence-corrected chi connectivity index (χ2v) is 6.67. The molecule has 1 atom stereocenters. The van der Waals surface area contributed by atoms with Crippen LogP contribution in [0.15, 0.2) is 22.7 Å². The van der Waals surface area contributed by atoms with E-state index in [1.165, 1.54) is 3.57 Å². The van der Waals surface area contributed by atoms with E-state index in [1.807, 2.05) is 6.07 Å². The molecule has 1 heterocycles. The molecule has 2 N–H and O–H groups in total. The van der Waals surface area contributed by atoms with Crippen molar-refractivity contribution in [3.63, 3.8) is 0 Å². The summed E-state index contributed by atoms with van der Waals surface area (Å²) in [6.45, 7) is 2.05. The van der Waals surface area contributed by atoms with E-state index >= 15 is 0 Å². The van der Waals surface area contributed by atoms with E-state index in [2.05, 4.69) is 67.8 Å². The molecule has 2 rings (SSSR count). The molecule has 0 spiro atoms. The summed E-state index contributed by atoms with van der Waals surface area (Å²) in [7, 11) is 0. The lowest BCUT2D eigenvalue weighted by Gasteiger charge is -2.02. The number of rotatable bonds is 3. The number of hydrogen-bond acceptors (Lipinski definition) is 4. The Morgan fingerprint density at radius 1 is 1.47 bits per heavy atom. The van der Waals surface area contributed by atoms with Gasteiger partial charge in [0.2, 0.25) is 0 Å². The van der Waals surface area contributed by atoms with Crippen LogP contribution in [0.2, 0.25) is 0 Å². The maximum absolute atomic E-state index is 5.95. The third-order valence-corrected chi connectivity index (χ3v) is 4.88. The Labute approximate surface area is 126 Å². The molecule has 0 aliphatic carbocycles. The molecule has 3 nitrogen and oxygen atoms in total. The molecule has 0 fully saturated rings. The molecule has 0 bridgehead atoms. The number of nitrogens with two attached hydrogens (primary N) is 1. The molecule has 6 heteroatoms. The number of aromatic nitrogens is 2. The van der Waals surface area contributed by atoms with Crippen LogP contribution >= 0.6 is 49.9 Å². The molecule has 0 saturated carbocycles. The molecule has 0 aliphatic heterocycles. The van der Waals surface area contributed by atoms with Gasteiger partial charge in [-0.2, -0.15) is 0 Å². The molecule has 90 valence electrons. The van der Waals surface area contributed by atoms with Gasteiger partial charge in [0.15, 0.2) is 0 Å². The lowest BCUT2D eigenvalue weighted by Crippen LogP contribution is -2.07. The Morgan fingerprint density at radius 3 is 2.94 bits per heavy atom. The highest BCUT2D eigenvalue weighted by molar-refractivity contribution is 14.1. The highest BCUT2D eigenvalue weighted by Gasteiger charge is 2.13. The van der Waals surface area contributed by atoms with Gasteiger partial charge in [-0.3, -0.25) is 0 Å². The lowest BCUT2D eigenvalue weighted by molar-refractivity contribution is 0.683. The molecule has 0 aliphatic rings. The Bertz CT molecular complexity index is 529. The third-order valence-electron chi connectivity index (χ3n) is 2.36. The zero-order valence-electron chi connectivity index (χ0n) is 9.15. The highest BCUT2D eigenvalue weighted by Crippen LogP contribution is 2.32. The summed E-state index contributed by atoms with van der Waals surface area (Å²) in [5.74, 6) is 0. The predicted octanol–water partition coefficient (Wildman–Crippen LogP) is 3.98. The Balaban J connectivity index is 2.40. The van der Waals surface area contributed by atoms with Crippen molar-refractivity contribution in [3.05, 3.63) is 31.2 Å². The smallest absolute Gasteiger partial charge is 0.148 e. The van der Waals surface area contributed by atoms with Crippen molar-refractivity contribution in [2.24, 2.45) is 5.73 Å². The second kappa shape index (κ2) is 5.73. The number of halogens is 2. The van der Waals surface area contributed by atoms with Gasteiger partial charge in [0, 0.05) is 13.6 Å². The summed E-state index contributed by atoms with van der Waals surface area (Å²) in [6, 6.07) is 6.13. The van der Waals surface area contributed by atoms with Crippen molar-refractivity contribution < 1.29 is 0 Å². The molecule has 1 unspecified atom stereocenters. The van der Waals surface area contributed by atoms with Crippen LogP contribution in [0, 0.1) is 3.57 Å². The Kier molecular flexibility index (Phi) is 4.51. The normalized spacial score (nSPS) is 12.7. The van der Waals surface area contributed by atoms with Crippen LogP contribution < -0.4 is 5.73 Å². The Morgan fingerprint density at radius 2 is 2.24 bits per heavy atom. The summed E-state index contributed by atoms with van der Waals surface area (Å²) >= 11 is 7.34. The maximum atomic E-state index is 5.95. The summed E-state index contributed by atoms with van der Waals surface area (Å²) in [5, 5.41) is 10.2. The van der Waals surface area contributed by atoms with E-state index in [4.69, 9.17) is 5.73 Å². The van der Waals surface area contributed by atoms with Crippen LogP contribution in [0.4, 0.5) is 0 Å². The van der Waals surface area contributed by atoms with Crippen LogP contribution in [-0.4, -0.2) is 10.2 Å². The first-order valence-corrected chi connectivity index (χ1v) is 7.85. The fourth-order valence-electron chi connectivity index (χ4n) is 1.33. The average molecular weight is 424 g/mol. The van der Waals surface area contributed by atoms with Gasteiger partial charge in [-0.05, 0) is 47.2 Å². The van der Waals surface area contributed by atoms with Crippen LogP contribution in [0.1, 0.15) is 24.4 Å². The van der Waals surface area contributed by atoms with E-state index in [-0.39, 0.29) is 6.04 Å². The van der Waals surface area contributed by atoms with Crippen LogP contribution in [0.3, 0.4) is 0 Å². The van der Waals surface area contributed by atoms with Crippen molar-refractivity contribution >= 4 is 49.9 Å². The SMILES string of the molecule is CCC(N)c1nnc(-c2cc(Br)ccc2I)s1. The summed E-state index contributed by atoms with van der Waals surface area (Å²) in [6.07, 6.45) is 0.879. The van der Waals surface area contributed by atoms with Gasteiger partial charge < -0.3 is 5.73 Å². The molecule has 0 amide bonds. The first-order chi connectivity index (χ1) is 8.11. The lowest BCUT2D eigenvalue weighted by atomic mass is 10.2. The third kappa shape index (κ3) is 3.04. The molecule has 2 aromatic rings. The second-order valence-electron chi connectivity index (χ2n) is 3.58. The summed E-state index contributed by atoms with van der Waals surface area (Å²) < 4.78 is 2.21. The minimum Gasteiger partial charge on any atom is -0.322 e. The van der Waals surface area contributed by atoms with Crippen LogP contribution in [0.5, 0.6) is 0 Å². The molecule has 0 saturated heterocycles. The fourth-order valence-corrected chi connectivity index (χ4v) is 3.42. The van der Waals surface area contributed by atoms with E-state index in [0.29, 0.717) is 0 Å². The number of benzene rings is 1. The van der Waals surface area contributed by atoms with Gasteiger partial charge in [-0.15, -0.1) is 10.2 Å². The van der Waals surface area contributed by atoms with Gasteiger partial charge in [0.05, 0.1) is 6.04 Å².